The molecule has 4 rings (SSSR count). The standard InChI is InChI=1S/C27H31Cl2N5O4.C2HF3O2/c1-34-15-22(21-12-20(28)13-24(29)23(21)16-34)18-3-2-4-19(11-18)25-14-26(33-17-32-25)30-5-7-37-9-10-38-8-6-31-27(35)36;3-2(4,5)1(6)7/h2-4,11-14,17,22,31H,5-10,15-16H2,1H3,(H,35,36)(H,30,32,33);(H,6,7)/t22-;/m0./s1. The maximum Gasteiger partial charge on any atom is 0.490 e. The van der Waals surface area contributed by atoms with Gasteiger partial charge in [0.05, 0.1) is 32.1 Å². The number of hydrogen-bond donors (Lipinski definition) is 4. The first-order valence-electron chi connectivity index (χ1n) is 13.6. The number of carboxylic acid groups (broad SMARTS) is 2. The zero-order valence-corrected chi connectivity index (χ0v) is 25.6. The van der Waals surface area contributed by atoms with Gasteiger partial charge in [0.1, 0.15) is 12.1 Å². The molecular formula is C29H32Cl2F3N5O6. The lowest BCUT2D eigenvalue weighted by Crippen LogP contribution is -2.31. The molecule has 244 valence electrons. The van der Waals surface area contributed by atoms with Crippen molar-refractivity contribution in [2.24, 2.45) is 0 Å². The van der Waals surface area contributed by atoms with Crippen LogP contribution in [0.4, 0.5) is 23.8 Å². The summed E-state index contributed by atoms with van der Waals surface area (Å²) in [7, 11) is 2.10. The van der Waals surface area contributed by atoms with Gasteiger partial charge in [-0.05, 0) is 41.9 Å². The first-order valence-corrected chi connectivity index (χ1v) is 14.4. The number of anilines is 1. The molecule has 4 N–H and O–H groups in total. The van der Waals surface area contributed by atoms with Crippen molar-refractivity contribution in [3.63, 3.8) is 0 Å². The van der Waals surface area contributed by atoms with E-state index < -0.39 is 18.2 Å². The third kappa shape index (κ3) is 11.6. The van der Waals surface area contributed by atoms with Crippen molar-refractivity contribution in [1.29, 1.82) is 0 Å². The molecule has 16 heteroatoms. The van der Waals surface area contributed by atoms with Gasteiger partial charge in [-0.2, -0.15) is 13.2 Å². The van der Waals surface area contributed by atoms with Crippen molar-refractivity contribution in [2.75, 3.05) is 58.4 Å². The topological polar surface area (TPSA) is 146 Å². The second kappa shape index (κ2) is 17.1. The van der Waals surface area contributed by atoms with Crippen LogP contribution in [0, 0.1) is 0 Å². The summed E-state index contributed by atoms with van der Waals surface area (Å²) in [5.41, 5.74) is 5.29. The Hall–Kier alpha value is -3.69. The van der Waals surface area contributed by atoms with Crippen LogP contribution in [0.5, 0.6) is 0 Å². The predicted molar refractivity (Wildman–Crippen MR) is 162 cm³/mol. The largest absolute Gasteiger partial charge is 0.490 e. The molecule has 1 aliphatic heterocycles. The molecule has 0 aliphatic carbocycles. The maximum absolute atomic E-state index is 10.6. The minimum atomic E-state index is -5.08. The number of nitrogens with zero attached hydrogens (tertiary/aromatic N) is 3. The normalized spacial score (nSPS) is 14.6. The molecule has 1 atom stereocenters. The van der Waals surface area contributed by atoms with Gasteiger partial charge in [0.25, 0.3) is 0 Å². The lowest BCUT2D eigenvalue weighted by atomic mass is 9.84. The summed E-state index contributed by atoms with van der Waals surface area (Å²) in [6.07, 6.45) is -4.59. The van der Waals surface area contributed by atoms with Crippen LogP contribution < -0.4 is 10.6 Å². The zero-order valence-electron chi connectivity index (χ0n) is 24.1. The molecule has 0 spiro atoms. The van der Waals surface area contributed by atoms with Gasteiger partial charge in [0.15, 0.2) is 0 Å². The van der Waals surface area contributed by atoms with Crippen molar-refractivity contribution in [2.45, 2.75) is 18.6 Å². The summed E-state index contributed by atoms with van der Waals surface area (Å²) in [4.78, 5) is 30.3. The average molecular weight is 675 g/mol. The van der Waals surface area contributed by atoms with Crippen molar-refractivity contribution >= 4 is 41.1 Å². The number of carbonyl (C=O) groups is 2. The number of amides is 1. The van der Waals surface area contributed by atoms with E-state index in [0.717, 1.165) is 29.9 Å². The average Bonchev–Trinajstić information content (AvgIpc) is 2.98. The molecule has 1 aromatic heterocycles. The van der Waals surface area contributed by atoms with Gasteiger partial charge in [0, 0.05) is 53.8 Å². The number of likely N-dealkylation sites (N-methyl/N-ethyl adjacent to an activating group) is 1. The van der Waals surface area contributed by atoms with E-state index in [0.29, 0.717) is 48.8 Å². The first kappa shape index (κ1) is 35.8. The summed E-state index contributed by atoms with van der Waals surface area (Å²) in [5.74, 6) is -1.90. The molecule has 2 heterocycles. The number of nitrogens with one attached hydrogen (secondary N) is 2. The highest BCUT2D eigenvalue weighted by Gasteiger charge is 2.38. The van der Waals surface area contributed by atoms with Crippen LogP contribution in [-0.2, 0) is 20.8 Å². The number of ether oxygens (including phenoxy) is 2. The number of alkyl halides is 3. The number of halogens is 5. The van der Waals surface area contributed by atoms with Gasteiger partial charge in [0.2, 0.25) is 0 Å². The Bertz CT molecular complexity index is 1450. The molecule has 0 fully saturated rings. The monoisotopic (exact) mass is 673 g/mol. The van der Waals surface area contributed by atoms with Crippen molar-refractivity contribution in [3.05, 3.63) is 75.5 Å². The highest BCUT2D eigenvalue weighted by atomic mass is 35.5. The van der Waals surface area contributed by atoms with E-state index in [-0.39, 0.29) is 12.5 Å². The van der Waals surface area contributed by atoms with E-state index in [1.165, 1.54) is 11.1 Å². The number of carboxylic acids is 1. The fraction of sp³-hybridized carbons (Fsp3) is 0.379. The third-order valence-electron chi connectivity index (χ3n) is 6.43. The first-order chi connectivity index (χ1) is 21.3. The maximum atomic E-state index is 10.6. The molecule has 0 saturated carbocycles. The molecule has 3 aromatic rings. The summed E-state index contributed by atoms with van der Waals surface area (Å²) in [6.45, 7) is 4.10. The second-order valence-electron chi connectivity index (χ2n) is 9.81. The van der Waals surface area contributed by atoms with Gasteiger partial charge in [-0.15, -0.1) is 0 Å². The molecule has 11 nitrogen and oxygen atoms in total. The molecule has 0 unspecified atom stereocenters. The van der Waals surface area contributed by atoms with Gasteiger partial charge < -0.3 is 35.2 Å². The van der Waals surface area contributed by atoms with E-state index >= 15 is 0 Å². The highest BCUT2D eigenvalue weighted by Crippen LogP contribution is 2.39. The zero-order chi connectivity index (χ0) is 33.0. The number of rotatable bonds is 12. The van der Waals surface area contributed by atoms with E-state index in [4.69, 9.17) is 47.7 Å². The Morgan fingerprint density at radius 1 is 1.02 bits per heavy atom. The molecule has 0 saturated heterocycles. The summed E-state index contributed by atoms with van der Waals surface area (Å²) >= 11 is 12.9. The van der Waals surface area contributed by atoms with E-state index in [2.05, 4.69) is 44.7 Å². The molecule has 1 amide bonds. The van der Waals surface area contributed by atoms with Crippen molar-refractivity contribution < 1.29 is 42.4 Å². The molecule has 1 aliphatic rings. The van der Waals surface area contributed by atoms with Crippen molar-refractivity contribution in [1.82, 2.24) is 20.2 Å². The number of aromatic nitrogens is 2. The molecule has 2 aromatic carbocycles. The molecule has 0 bridgehead atoms. The highest BCUT2D eigenvalue weighted by molar-refractivity contribution is 6.35. The van der Waals surface area contributed by atoms with Crippen LogP contribution in [0.15, 0.2) is 48.8 Å². The van der Waals surface area contributed by atoms with Crippen molar-refractivity contribution in [3.8, 4) is 11.3 Å². The summed E-state index contributed by atoms with van der Waals surface area (Å²) in [6, 6.07) is 14.2. The minimum absolute atomic E-state index is 0.147. The summed E-state index contributed by atoms with van der Waals surface area (Å²) < 4.78 is 42.6. The van der Waals surface area contributed by atoms with Crippen LogP contribution in [0.25, 0.3) is 11.3 Å². The van der Waals surface area contributed by atoms with Crippen LogP contribution >= 0.6 is 23.2 Å². The van der Waals surface area contributed by atoms with E-state index in [1.54, 1.807) is 6.33 Å². The number of fused-ring (bicyclic) bond motifs is 1. The minimum Gasteiger partial charge on any atom is -0.475 e. The Labute approximate surface area is 267 Å². The number of hydrogen-bond acceptors (Lipinski definition) is 8. The van der Waals surface area contributed by atoms with E-state index in [9.17, 15) is 18.0 Å². The molecule has 0 radical (unpaired) electrons. The Morgan fingerprint density at radius 2 is 1.71 bits per heavy atom. The van der Waals surface area contributed by atoms with Gasteiger partial charge in [-0.3, -0.25) is 0 Å². The van der Waals surface area contributed by atoms with Crippen LogP contribution in [-0.4, -0.2) is 96.4 Å². The fourth-order valence-corrected chi connectivity index (χ4v) is 5.03. The lowest BCUT2D eigenvalue weighted by Gasteiger charge is -2.33. The van der Waals surface area contributed by atoms with Crippen LogP contribution in [0.1, 0.15) is 22.6 Å². The van der Waals surface area contributed by atoms with Gasteiger partial charge in [-0.1, -0.05) is 41.4 Å². The Kier molecular flexibility index (Phi) is 13.6. The number of aliphatic carboxylic acids is 1. The molecular weight excluding hydrogens is 642 g/mol. The Morgan fingerprint density at radius 3 is 2.38 bits per heavy atom. The third-order valence-corrected chi connectivity index (χ3v) is 6.99. The predicted octanol–water partition coefficient (Wildman–Crippen LogP) is 5.37. The number of benzene rings is 2. The fourth-order valence-electron chi connectivity index (χ4n) is 4.46. The van der Waals surface area contributed by atoms with Crippen LogP contribution in [0.3, 0.4) is 0 Å². The van der Waals surface area contributed by atoms with E-state index in [1.807, 2.05) is 30.3 Å². The van der Waals surface area contributed by atoms with Gasteiger partial charge in [-0.25, -0.2) is 19.6 Å². The Balaban J connectivity index is 0.000000707. The van der Waals surface area contributed by atoms with Gasteiger partial charge >= 0.3 is 18.2 Å². The quantitative estimate of drug-likeness (QED) is 0.185. The smallest absolute Gasteiger partial charge is 0.475 e. The van der Waals surface area contributed by atoms with Crippen LogP contribution in [0.2, 0.25) is 10.0 Å². The lowest BCUT2D eigenvalue weighted by molar-refractivity contribution is -0.192. The molecule has 45 heavy (non-hydrogen) atoms. The summed E-state index contributed by atoms with van der Waals surface area (Å²) in [5, 5.41) is 22.5. The SMILES string of the molecule is CN1Cc2c(Cl)cc(Cl)cc2[C@H](c2cccc(-c3cc(NCCOCCOCCNC(=O)O)ncn3)c2)C1.O=C(O)C(F)(F)F. The second-order valence-corrected chi connectivity index (χ2v) is 10.6.